The maximum atomic E-state index is 10.9. The minimum absolute atomic E-state index is 0.0888. The van der Waals surface area contributed by atoms with Crippen molar-refractivity contribution in [2.75, 3.05) is 0 Å². The average Bonchev–Trinajstić information content (AvgIpc) is 3.18. The lowest BCUT2D eigenvalue weighted by Gasteiger charge is -2.09. The Hall–Kier alpha value is -4.25. The third-order valence-corrected chi connectivity index (χ3v) is 5.94. The lowest BCUT2D eigenvalue weighted by Crippen LogP contribution is -2.01. The van der Waals surface area contributed by atoms with Gasteiger partial charge in [0.15, 0.2) is 0 Å². The van der Waals surface area contributed by atoms with Crippen LogP contribution in [0.3, 0.4) is 0 Å². The Bertz CT molecular complexity index is 1450. The first kappa shape index (κ1) is 20.6. The highest BCUT2D eigenvalue weighted by Crippen LogP contribution is 2.31. The molecule has 0 amide bonds. The maximum Gasteiger partial charge on any atom is 0.269 e. The van der Waals surface area contributed by atoms with Crippen molar-refractivity contribution >= 4 is 39.6 Å². The van der Waals surface area contributed by atoms with E-state index in [1.807, 2.05) is 24.4 Å². The summed E-state index contributed by atoms with van der Waals surface area (Å²) in [5.41, 5.74) is 5.54. The van der Waals surface area contributed by atoms with E-state index in [9.17, 15) is 10.1 Å². The number of benzene rings is 3. The summed E-state index contributed by atoms with van der Waals surface area (Å²) in [5.74, 6) is 0. The van der Waals surface area contributed by atoms with Crippen molar-refractivity contribution in [3.05, 3.63) is 118 Å². The van der Waals surface area contributed by atoms with Gasteiger partial charge in [-0.3, -0.25) is 15.1 Å². The Balaban J connectivity index is 1.52. The minimum atomic E-state index is -0.385. The Morgan fingerprint density at radius 3 is 2.39 bits per heavy atom. The molecule has 0 N–H and O–H groups in total. The number of aromatic nitrogens is 2. The lowest BCUT2D eigenvalue weighted by molar-refractivity contribution is -0.384. The first-order valence-corrected chi connectivity index (χ1v) is 11.0. The molecule has 0 unspecified atom stereocenters. The van der Waals surface area contributed by atoms with E-state index in [0.717, 1.165) is 36.2 Å². The van der Waals surface area contributed by atoms with Gasteiger partial charge >= 0.3 is 0 Å². The van der Waals surface area contributed by atoms with Gasteiger partial charge in [0.1, 0.15) is 0 Å². The van der Waals surface area contributed by atoms with Gasteiger partial charge in [-0.1, -0.05) is 54.6 Å². The predicted molar refractivity (Wildman–Crippen MR) is 134 cm³/mol. The van der Waals surface area contributed by atoms with E-state index in [1.165, 1.54) is 34.0 Å². The number of hydrogen-bond donors (Lipinski definition) is 0. The zero-order valence-electron chi connectivity index (χ0n) is 18.1. The first-order valence-electron chi connectivity index (χ1n) is 11.0. The fourth-order valence-electron chi connectivity index (χ4n) is 4.35. The van der Waals surface area contributed by atoms with Gasteiger partial charge in [0, 0.05) is 41.2 Å². The van der Waals surface area contributed by atoms with Gasteiger partial charge in [-0.25, -0.2) is 0 Å². The first-order chi connectivity index (χ1) is 16.2. The molecule has 2 heterocycles. The van der Waals surface area contributed by atoms with Crippen LogP contribution in [0.1, 0.15) is 23.2 Å². The van der Waals surface area contributed by atoms with Crippen molar-refractivity contribution in [3.63, 3.8) is 0 Å². The SMILES string of the molecule is O=[N+]([O-])c1ccc(/C=C/c2nccc3c4ccccc4n(CCCc4ccccc4)c23)cc1. The molecule has 0 aliphatic rings. The number of nitrogens with zero attached hydrogens (tertiary/aromatic N) is 3. The van der Waals surface area contributed by atoms with E-state index >= 15 is 0 Å². The lowest BCUT2D eigenvalue weighted by atomic mass is 10.1. The minimum Gasteiger partial charge on any atom is -0.339 e. The number of nitro groups is 1. The third-order valence-electron chi connectivity index (χ3n) is 5.94. The topological polar surface area (TPSA) is 61.0 Å². The highest BCUT2D eigenvalue weighted by molar-refractivity contribution is 6.10. The van der Waals surface area contributed by atoms with Crippen molar-refractivity contribution in [2.24, 2.45) is 0 Å². The molecule has 0 saturated heterocycles. The van der Waals surface area contributed by atoms with Gasteiger partial charge in [0.25, 0.3) is 5.69 Å². The fraction of sp³-hybridized carbons (Fsp3) is 0.107. The molecule has 5 rings (SSSR count). The zero-order chi connectivity index (χ0) is 22.6. The van der Waals surface area contributed by atoms with Crippen LogP contribution < -0.4 is 0 Å². The molecule has 3 aromatic carbocycles. The molecule has 0 atom stereocenters. The molecule has 162 valence electrons. The van der Waals surface area contributed by atoms with Gasteiger partial charge in [-0.05, 0) is 54.3 Å². The van der Waals surface area contributed by atoms with Gasteiger partial charge in [0.2, 0.25) is 0 Å². The van der Waals surface area contributed by atoms with Crippen molar-refractivity contribution in [3.8, 4) is 0 Å². The normalized spacial score (nSPS) is 11.5. The third kappa shape index (κ3) is 4.26. The van der Waals surface area contributed by atoms with Crippen LogP contribution >= 0.6 is 0 Å². The van der Waals surface area contributed by atoms with E-state index in [2.05, 4.69) is 64.1 Å². The summed E-state index contributed by atoms with van der Waals surface area (Å²) in [7, 11) is 0. The van der Waals surface area contributed by atoms with Crippen LogP contribution in [0.25, 0.3) is 34.0 Å². The van der Waals surface area contributed by atoms with Crippen LogP contribution in [0.15, 0.2) is 91.1 Å². The predicted octanol–water partition coefficient (Wildman–Crippen LogP) is 6.90. The molecule has 0 bridgehead atoms. The van der Waals surface area contributed by atoms with Crippen LogP contribution in [-0.2, 0) is 13.0 Å². The van der Waals surface area contributed by atoms with E-state index in [4.69, 9.17) is 0 Å². The zero-order valence-corrected chi connectivity index (χ0v) is 18.1. The Labute approximate surface area is 191 Å². The molecule has 0 fully saturated rings. The van der Waals surface area contributed by atoms with Crippen molar-refractivity contribution < 1.29 is 4.92 Å². The maximum absolute atomic E-state index is 10.9. The van der Waals surface area contributed by atoms with Crippen molar-refractivity contribution in [1.82, 2.24) is 9.55 Å². The van der Waals surface area contributed by atoms with Gasteiger partial charge in [0.05, 0.1) is 16.1 Å². The van der Waals surface area contributed by atoms with Crippen molar-refractivity contribution in [1.29, 1.82) is 0 Å². The van der Waals surface area contributed by atoms with Crippen LogP contribution in [0.5, 0.6) is 0 Å². The second kappa shape index (κ2) is 9.09. The molecule has 5 heteroatoms. The molecule has 33 heavy (non-hydrogen) atoms. The summed E-state index contributed by atoms with van der Waals surface area (Å²) >= 11 is 0. The number of fused-ring (bicyclic) bond motifs is 3. The van der Waals surface area contributed by atoms with Crippen LogP contribution in [0.2, 0.25) is 0 Å². The number of pyridine rings is 1. The molecular formula is C28H23N3O2. The molecule has 5 nitrogen and oxygen atoms in total. The summed E-state index contributed by atoms with van der Waals surface area (Å²) in [6, 6.07) is 27.7. The molecule has 0 aliphatic heterocycles. The molecule has 2 aromatic heterocycles. The Kier molecular flexibility index (Phi) is 5.68. The summed E-state index contributed by atoms with van der Waals surface area (Å²) in [5, 5.41) is 13.3. The van der Waals surface area contributed by atoms with Gasteiger partial charge < -0.3 is 4.57 Å². The van der Waals surface area contributed by atoms with Crippen molar-refractivity contribution in [2.45, 2.75) is 19.4 Å². The summed E-state index contributed by atoms with van der Waals surface area (Å²) in [6.45, 7) is 0.892. The molecule has 0 saturated carbocycles. The van der Waals surface area contributed by atoms with E-state index < -0.39 is 0 Å². The van der Waals surface area contributed by atoms with E-state index in [0.29, 0.717) is 0 Å². The molecule has 0 aliphatic carbocycles. The average molecular weight is 434 g/mol. The summed E-state index contributed by atoms with van der Waals surface area (Å²) < 4.78 is 2.37. The largest absolute Gasteiger partial charge is 0.339 e. The molecular weight excluding hydrogens is 410 g/mol. The van der Waals surface area contributed by atoms with Crippen LogP contribution in [0, 0.1) is 10.1 Å². The fourth-order valence-corrected chi connectivity index (χ4v) is 4.35. The molecule has 5 aromatic rings. The van der Waals surface area contributed by atoms with E-state index in [-0.39, 0.29) is 10.6 Å². The highest BCUT2D eigenvalue weighted by atomic mass is 16.6. The number of hydrogen-bond acceptors (Lipinski definition) is 3. The number of nitro benzene ring substituents is 1. The standard InChI is InChI=1S/C28H23N3O2/c32-31(33)23-15-12-22(13-16-23)14-17-26-28-25(18-19-29-26)24-10-4-5-11-27(24)30(28)20-6-9-21-7-2-1-3-8-21/h1-5,7-8,10-19H,6,9,20H2/b17-14+. The second-order valence-corrected chi connectivity index (χ2v) is 8.03. The smallest absolute Gasteiger partial charge is 0.269 e. The number of non-ortho nitro benzene ring substituents is 1. The highest BCUT2D eigenvalue weighted by Gasteiger charge is 2.13. The van der Waals surface area contributed by atoms with Gasteiger partial charge in [-0.15, -0.1) is 0 Å². The second-order valence-electron chi connectivity index (χ2n) is 8.03. The monoisotopic (exact) mass is 433 g/mol. The Morgan fingerprint density at radius 2 is 1.61 bits per heavy atom. The number of para-hydroxylation sites is 1. The van der Waals surface area contributed by atoms with Gasteiger partial charge in [-0.2, -0.15) is 0 Å². The molecule has 0 spiro atoms. The van der Waals surface area contributed by atoms with E-state index in [1.54, 1.807) is 12.1 Å². The number of rotatable bonds is 7. The Morgan fingerprint density at radius 1 is 0.848 bits per heavy atom. The number of aryl methyl sites for hydroxylation is 2. The summed E-state index contributed by atoms with van der Waals surface area (Å²) in [6.07, 6.45) is 7.84. The van der Waals surface area contributed by atoms with Crippen LogP contribution in [-0.4, -0.2) is 14.5 Å². The quantitative estimate of drug-likeness (QED) is 0.207. The van der Waals surface area contributed by atoms with Crippen LogP contribution in [0.4, 0.5) is 5.69 Å². The molecule has 0 radical (unpaired) electrons. The summed E-state index contributed by atoms with van der Waals surface area (Å²) in [4.78, 5) is 15.2.